The number of benzene rings is 1. The Hall–Kier alpha value is -1.88. The molecule has 5 nitrogen and oxygen atoms in total. The van der Waals surface area contributed by atoms with Gasteiger partial charge in [-0.25, -0.2) is 4.98 Å². The van der Waals surface area contributed by atoms with E-state index in [1.807, 2.05) is 18.2 Å². The van der Waals surface area contributed by atoms with E-state index in [4.69, 9.17) is 4.42 Å². The van der Waals surface area contributed by atoms with E-state index in [1.165, 1.54) is 38.7 Å². The van der Waals surface area contributed by atoms with E-state index in [2.05, 4.69) is 15.2 Å². The van der Waals surface area contributed by atoms with Crippen LogP contribution in [0.1, 0.15) is 42.5 Å². The van der Waals surface area contributed by atoms with Crippen molar-refractivity contribution in [3.8, 4) is 0 Å². The van der Waals surface area contributed by atoms with Crippen LogP contribution in [0.15, 0.2) is 29.0 Å². The number of carbonyl (C=O) groups is 1. The lowest BCUT2D eigenvalue weighted by atomic mass is 9.88. The number of hydrogen-bond acceptors (Lipinski definition) is 4. The second-order valence-corrected chi connectivity index (χ2v) is 6.33. The van der Waals surface area contributed by atoms with Crippen LogP contribution >= 0.6 is 0 Å². The lowest BCUT2D eigenvalue weighted by molar-refractivity contribution is 0.0663. The van der Waals surface area contributed by atoms with E-state index in [1.54, 1.807) is 0 Å². The minimum absolute atomic E-state index is 0.0419. The van der Waals surface area contributed by atoms with Crippen LogP contribution in [0.4, 0.5) is 0 Å². The number of para-hydroxylation sites is 1. The standard InChI is InChI=1S/C17H21N3O2/c21-17(12-5-3-6-14-16(12)22-11-18-14)19-13-7-4-10-20-9-2-1-8-15(13)20/h3,5-6,11,13,15H,1-2,4,7-10H2,(H,19,21). The number of amides is 1. The van der Waals surface area contributed by atoms with Gasteiger partial charge in [0.1, 0.15) is 5.52 Å². The summed E-state index contributed by atoms with van der Waals surface area (Å²) in [4.78, 5) is 19.3. The van der Waals surface area contributed by atoms with Crippen LogP contribution in [0, 0.1) is 0 Å². The van der Waals surface area contributed by atoms with Gasteiger partial charge in [-0.15, -0.1) is 0 Å². The molecule has 0 saturated carbocycles. The van der Waals surface area contributed by atoms with E-state index in [0.29, 0.717) is 17.2 Å². The first-order valence-electron chi connectivity index (χ1n) is 8.20. The summed E-state index contributed by atoms with van der Waals surface area (Å²) in [5, 5.41) is 3.25. The summed E-state index contributed by atoms with van der Waals surface area (Å²) in [5.74, 6) is -0.0419. The van der Waals surface area contributed by atoms with Gasteiger partial charge in [-0.1, -0.05) is 12.5 Å². The third-order valence-corrected chi connectivity index (χ3v) is 5.01. The predicted molar refractivity (Wildman–Crippen MR) is 83.7 cm³/mol. The van der Waals surface area contributed by atoms with Crippen molar-refractivity contribution in [3.63, 3.8) is 0 Å². The minimum Gasteiger partial charge on any atom is -0.443 e. The van der Waals surface area contributed by atoms with Gasteiger partial charge in [-0.05, 0) is 50.9 Å². The molecule has 1 amide bonds. The molecule has 2 saturated heterocycles. The Labute approximate surface area is 129 Å². The predicted octanol–water partition coefficient (Wildman–Crippen LogP) is 2.57. The number of nitrogens with one attached hydrogen (secondary N) is 1. The maximum atomic E-state index is 12.7. The Morgan fingerprint density at radius 3 is 3.09 bits per heavy atom. The summed E-state index contributed by atoms with van der Waals surface area (Å²) in [7, 11) is 0. The van der Waals surface area contributed by atoms with Crippen molar-refractivity contribution in [2.24, 2.45) is 0 Å². The van der Waals surface area contributed by atoms with Gasteiger partial charge in [0.15, 0.2) is 12.0 Å². The fourth-order valence-electron chi connectivity index (χ4n) is 3.94. The average molecular weight is 299 g/mol. The molecule has 1 N–H and O–H groups in total. The molecule has 1 aromatic heterocycles. The monoisotopic (exact) mass is 299 g/mol. The largest absolute Gasteiger partial charge is 0.443 e. The Balaban J connectivity index is 1.55. The van der Waals surface area contributed by atoms with Gasteiger partial charge in [0.05, 0.1) is 5.56 Å². The molecular weight excluding hydrogens is 278 g/mol. The molecule has 2 aliphatic heterocycles. The number of aromatic nitrogens is 1. The van der Waals surface area contributed by atoms with E-state index in [0.717, 1.165) is 18.4 Å². The zero-order chi connectivity index (χ0) is 14.9. The van der Waals surface area contributed by atoms with E-state index < -0.39 is 0 Å². The summed E-state index contributed by atoms with van der Waals surface area (Å²) < 4.78 is 5.38. The molecule has 2 fully saturated rings. The molecule has 2 aliphatic rings. The minimum atomic E-state index is -0.0419. The summed E-state index contributed by atoms with van der Waals surface area (Å²) in [6.45, 7) is 2.35. The fraction of sp³-hybridized carbons (Fsp3) is 0.529. The number of oxazole rings is 1. The molecule has 0 aliphatic carbocycles. The fourth-order valence-corrected chi connectivity index (χ4v) is 3.94. The maximum Gasteiger partial charge on any atom is 0.255 e. The average Bonchev–Trinajstić information content (AvgIpc) is 3.03. The molecule has 0 radical (unpaired) electrons. The first kappa shape index (κ1) is 13.8. The highest BCUT2D eigenvalue weighted by Crippen LogP contribution is 2.27. The molecule has 2 atom stereocenters. The lowest BCUT2D eigenvalue weighted by Crippen LogP contribution is -2.56. The zero-order valence-electron chi connectivity index (χ0n) is 12.6. The summed E-state index contributed by atoms with van der Waals surface area (Å²) >= 11 is 0. The van der Waals surface area contributed by atoms with Crippen molar-refractivity contribution in [2.75, 3.05) is 13.1 Å². The molecular formula is C17H21N3O2. The summed E-state index contributed by atoms with van der Waals surface area (Å²) in [6, 6.07) is 6.27. The second-order valence-electron chi connectivity index (χ2n) is 6.33. The Morgan fingerprint density at radius 2 is 2.14 bits per heavy atom. The Morgan fingerprint density at radius 1 is 1.23 bits per heavy atom. The topological polar surface area (TPSA) is 58.4 Å². The van der Waals surface area contributed by atoms with Gasteiger partial charge < -0.3 is 9.73 Å². The molecule has 116 valence electrons. The van der Waals surface area contributed by atoms with Crippen LogP contribution in [0.2, 0.25) is 0 Å². The van der Waals surface area contributed by atoms with E-state index >= 15 is 0 Å². The quantitative estimate of drug-likeness (QED) is 0.926. The van der Waals surface area contributed by atoms with Gasteiger partial charge in [-0.3, -0.25) is 9.69 Å². The summed E-state index contributed by atoms with van der Waals surface area (Å²) in [5.41, 5.74) is 1.90. The molecule has 1 aromatic carbocycles. The highest BCUT2D eigenvalue weighted by atomic mass is 16.3. The van der Waals surface area contributed by atoms with Crippen molar-refractivity contribution in [1.82, 2.24) is 15.2 Å². The van der Waals surface area contributed by atoms with Crippen LogP contribution in [0.5, 0.6) is 0 Å². The van der Waals surface area contributed by atoms with Crippen molar-refractivity contribution in [3.05, 3.63) is 30.2 Å². The number of fused-ring (bicyclic) bond motifs is 2. The Bertz CT molecular complexity index is 679. The van der Waals surface area contributed by atoms with E-state index in [9.17, 15) is 4.79 Å². The Kier molecular flexibility index (Phi) is 3.58. The van der Waals surface area contributed by atoms with Crippen molar-refractivity contribution >= 4 is 17.0 Å². The van der Waals surface area contributed by atoms with Crippen molar-refractivity contribution < 1.29 is 9.21 Å². The third kappa shape index (κ3) is 2.39. The van der Waals surface area contributed by atoms with Crippen LogP contribution in [-0.2, 0) is 0 Å². The highest BCUT2D eigenvalue weighted by Gasteiger charge is 2.34. The summed E-state index contributed by atoms with van der Waals surface area (Å²) in [6.07, 6.45) is 7.37. The van der Waals surface area contributed by atoms with Gasteiger partial charge in [-0.2, -0.15) is 0 Å². The molecule has 4 rings (SSSR count). The van der Waals surface area contributed by atoms with Gasteiger partial charge in [0.25, 0.3) is 5.91 Å². The third-order valence-electron chi connectivity index (χ3n) is 5.01. The van der Waals surface area contributed by atoms with Gasteiger partial charge in [0.2, 0.25) is 0 Å². The first-order chi connectivity index (χ1) is 10.8. The SMILES string of the molecule is O=C(NC1CCCN2CCCCC12)c1cccc2ncoc12. The van der Waals surface area contributed by atoms with E-state index in [-0.39, 0.29) is 11.9 Å². The van der Waals surface area contributed by atoms with Crippen LogP contribution in [0.25, 0.3) is 11.1 Å². The van der Waals surface area contributed by atoms with Crippen LogP contribution in [-0.4, -0.2) is 41.0 Å². The molecule has 3 heterocycles. The smallest absolute Gasteiger partial charge is 0.255 e. The van der Waals surface area contributed by atoms with Crippen molar-refractivity contribution in [1.29, 1.82) is 0 Å². The molecule has 22 heavy (non-hydrogen) atoms. The van der Waals surface area contributed by atoms with Gasteiger partial charge in [0, 0.05) is 12.1 Å². The number of nitrogens with zero attached hydrogens (tertiary/aromatic N) is 2. The molecule has 5 heteroatoms. The number of carbonyl (C=O) groups excluding carboxylic acids is 1. The van der Waals surface area contributed by atoms with Crippen LogP contribution in [0.3, 0.4) is 0 Å². The number of rotatable bonds is 2. The molecule has 0 bridgehead atoms. The zero-order valence-corrected chi connectivity index (χ0v) is 12.6. The molecule has 0 spiro atoms. The number of piperidine rings is 2. The highest BCUT2D eigenvalue weighted by molar-refractivity contribution is 6.04. The normalized spacial score (nSPS) is 25.8. The number of hydrogen-bond donors (Lipinski definition) is 1. The van der Waals surface area contributed by atoms with Crippen LogP contribution < -0.4 is 5.32 Å². The first-order valence-corrected chi connectivity index (χ1v) is 8.20. The second kappa shape index (κ2) is 5.72. The van der Waals surface area contributed by atoms with Gasteiger partial charge >= 0.3 is 0 Å². The maximum absolute atomic E-state index is 12.7. The molecule has 2 aromatic rings. The van der Waals surface area contributed by atoms with Crippen molar-refractivity contribution in [2.45, 2.75) is 44.2 Å². The lowest BCUT2D eigenvalue weighted by Gasteiger charge is -2.44. The molecule has 2 unspecified atom stereocenters.